The van der Waals surface area contributed by atoms with Crippen LogP contribution in [0.1, 0.15) is 0 Å². The lowest BCUT2D eigenvalue weighted by Gasteiger charge is -2.26. The van der Waals surface area contributed by atoms with Gasteiger partial charge in [-0.25, -0.2) is 14.3 Å². The van der Waals surface area contributed by atoms with E-state index in [-0.39, 0.29) is 5.95 Å². The average Bonchev–Trinajstić information content (AvgIpc) is 2.54. The molecule has 10 nitrogen and oxygen atoms in total. The van der Waals surface area contributed by atoms with Crippen molar-refractivity contribution in [2.45, 2.75) is 24.2 Å². The molecular formula is C8H12N4O6. The first kappa shape index (κ1) is 12.9. The highest BCUT2D eigenvalue weighted by molar-refractivity contribution is 5.10. The van der Waals surface area contributed by atoms with Crippen molar-refractivity contribution >= 4 is 5.95 Å². The van der Waals surface area contributed by atoms with Crippen molar-refractivity contribution in [3.63, 3.8) is 0 Å². The van der Waals surface area contributed by atoms with Gasteiger partial charge in [0.1, 0.15) is 18.5 Å². The highest BCUT2D eigenvalue weighted by Crippen LogP contribution is 2.31. The second-order valence-corrected chi connectivity index (χ2v) is 3.80. The molecule has 0 saturated carbocycles. The lowest BCUT2D eigenvalue weighted by molar-refractivity contribution is -0.291. The normalized spacial score (nSPS) is 35.9. The van der Waals surface area contributed by atoms with Crippen molar-refractivity contribution < 1.29 is 25.2 Å². The van der Waals surface area contributed by atoms with Gasteiger partial charge in [-0.3, -0.25) is 0 Å². The van der Waals surface area contributed by atoms with Crippen LogP contribution >= 0.6 is 0 Å². The summed E-state index contributed by atoms with van der Waals surface area (Å²) >= 11 is 0. The summed E-state index contributed by atoms with van der Waals surface area (Å²) in [5, 5.41) is 38.2. The van der Waals surface area contributed by atoms with Crippen LogP contribution in [0, 0.1) is 0 Å². The zero-order valence-electron chi connectivity index (χ0n) is 9.04. The van der Waals surface area contributed by atoms with Crippen molar-refractivity contribution in [1.82, 2.24) is 14.5 Å². The van der Waals surface area contributed by atoms with Gasteiger partial charge in [0.25, 0.3) is 5.91 Å². The Morgan fingerprint density at radius 3 is 2.72 bits per heavy atom. The van der Waals surface area contributed by atoms with Crippen LogP contribution in [-0.4, -0.2) is 59.9 Å². The molecule has 1 aliphatic rings. The monoisotopic (exact) mass is 260 g/mol. The Kier molecular flexibility index (Phi) is 3.04. The van der Waals surface area contributed by atoms with E-state index in [2.05, 4.69) is 9.97 Å². The number of aliphatic hydroxyl groups excluding tert-OH is 3. The molecule has 1 aromatic heterocycles. The fourth-order valence-corrected chi connectivity index (χ4v) is 1.70. The highest BCUT2D eigenvalue weighted by atomic mass is 16.7. The van der Waals surface area contributed by atoms with E-state index in [1.54, 1.807) is 0 Å². The number of aromatic nitrogens is 3. The molecule has 0 radical (unpaired) electrons. The summed E-state index contributed by atoms with van der Waals surface area (Å²) in [6.07, 6.45) is -3.83. The molecular weight excluding hydrogens is 248 g/mol. The quantitative estimate of drug-likeness (QED) is 0.355. The lowest BCUT2D eigenvalue weighted by atomic mass is 10.1. The van der Waals surface area contributed by atoms with Gasteiger partial charge in [-0.15, -0.1) is 0 Å². The molecule has 0 unspecified atom stereocenters. The first-order chi connectivity index (χ1) is 8.40. The van der Waals surface area contributed by atoms with E-state index >= 15 is 0 Å². The van der Waals surface area contributed by atoms with Crippen LogP contribution in [0.5, 0.6) is 0 Å². The Bertz CT molecular complexity index is 507. The number of anilines is 1. The molecule has 1 aliphatic heterocycles. The molecule has 0 spiro atoms. The zero-order chi connectivity index (χ0) is 13.5. The Morgan fingerprint density at radius 2 is 2.22 bits per heavy atom. The van der Waals surface area contributed by atoms with Gasteiger partial charge >= 0.3 is 5.69 Å². The van der Waals surface area contributed by atoms with Crippen LogP contribution in [0.2, 0.25) is 0 Å². The van der Waals surface area contributed by atoms with Gasteiger partial charge in [0.2, 0.25) is 5.95 Å². The van der Waals surface area contributed by atoms with Crippen LogP contribution in [0.3, 0.4) is 0 Å². The van der Waals surface area contributed by atoms with E-state index in [1.807, 2.05) is 0 Å². The first-order valence-corrected chi connectivity index (χ1v) is 4.99. The maximum absolute atomic E-state index is 11.5. The van der Waals surface area contributed by atoms with Crippen molar-refractivity contribution in [1.29, 1.82) is 0 Å². The third-order valence-electron chi connectivity index (χ3n) is 2.66. The Hall–Kier alpha value is -1.59. The largest absolute Gasteiger partial charge is 0.394 e. The molecule has 1 aromatic rings. The van der Waals surface area contributed by atoms with Gasteiger partial charge in [0.05, 0.1) is 6.61 Å². The Labute approximate surface area is 99.9 Å². The summed E-state index contributed by atoms with van der Waals surface area (Å²) in [5.41, 5.74) is 4.16. The molecule has 4 atom stereocenters. The van der Waals surface area contributed by atoms with Crippen molar-refractivity contribution in [3.8, 4) is 0 Å². The van der Waals surface area contributed by atoms with Crippen molar-refractivity contribution in [2.24, 2.45) is 0 Å². The van der Waals surface area contributed by atoms with E-state index in [0.717, 1.165) is 6.33 Å². The molecule has 1 saturated heterocycles. The summed E-state index contributed by atoms with van der Waals surface area (Å²) in [6.45, 7) is -0.648. The van der Waals surface area contributed by atoms with Crippen molar-refractivity contribution in [3.05, 3.63) is 16.8 Å². The summed E-state index contributed by atoms with van der Waals surface area (Å²) in [4.78, 5) is 18.2. The topological polar surface area (TPSA) is 164 Å². The summed E-state index contributed by atoms with van der Waals surface area (Å²) < 4.78 is 5.36. The fraction of sp³-hybridized carbons (Fsp3) is 0.625. The number of ether oxygens (including phenoxy) is 1. The molecule has 0 amide bonds. The average molecular weight is 260 g/mol. The maximum atomic E-state index is 11.5. The second-order valence-electron chi connectivity index (χ2n) is 3.80. The van der Waals surface area contributed by atoms with E-state index in [1.165, 1.54) is 0 Å². The molecule has 2 rings (SSSR count). The summed E-state index contributed by atoms with van der Waals surface area (Å²) in [7, 11) is 0. The van der Waals surface area contributed by atoms with Crippen LogP contribution in [-0.2, 0) is 10.6 Å². The SMILES string of the molecule is Nc1ncn([C@]2(O)O[C@H](CO)[C@@H](O)[C@H]2O)c(=O)n1. The number of hydrogen-bond acceptors (Lipinski definition) is 9. The van der Waals surface area contributed by atoms with E-state index < -0.39 is 36.5 Å². The molecule has 2 heterocycles. The number of nitrogen functional groups attached to an aromatic ring is 1. The molecule has 0 aromatic carbocycles. The van der Waals surface area contributed by atoms with Gasteiger partial charge in [0, 0.05) is 0 Å². The molecule has 1 fully saturated rings. The number of nitrogens with two attached hydrogens (primary N) is 1. The molecule has 18 heavy (non-hydrogen) atoms. The molecule has 6 N–H and O–H groups in total. The van der Waals surface area contributed by atoms with Crippen molar-refractivity contribution in [2.75, 3.05) is 12.3 Å². The highest BCUT2D eigenvalue weighted by Gasteiger charge is 2.55. The third kappa shape index (κ3) is 1.76. The van der Waals surface area contributed by atoms with Gasteiger partial charge in [-0.2, -0.15) is 4.98 Å². The minimum Gasteiger partial charge on any atom is -0.394 e. The first-order valence-electron chi connectivity index (χ1n) is 4.99. The van der Waals surface area contributed by atoms with Gasteiger partial charge < -0.3 is 30.9 Å². The van der Waals surface area contributed by atoms with Gasteiger partial charge in [0.15, 0.2) is 6.10 Å². The standard InChI is InChI=1S/C8H12N4O6/c9-6-10-2-12(7(16)11-6)8(17)5(15)4(14)3(1-13)18-8/h2-5,13-15,17H,1H2,(H2,9,11,16)/t3-,4-,5-,8-/m1/s1. The van der Waals surface area contributed by atoms with Crippen LogP contribution in [0.15, 0.2) is 11.1 Å². The number of hydrogen-bond donors (Lipinski definition) is 5. The van der Waals surface area contributed by atoms with Crippen LogP contribution in [0.25, 0.3) is 0 Å². The molecule has 0 aliphatic carbocycles. The Morgan fingerprint density at radius 1 is 1.56 bits per heavy atom. The van der Waals surface area contributed by atoms with Crippen LogP contribution in [0.4, 0.5) is 5.95 Å². The second kappa shape index (κ2) is 4.26. The van der Waals surface area contributed by atoms with Gasteiger partial charge in [-0.05, 0) is 0 Å². The molecule has 10 heteroatoms. The predicted octanol–water partition coefficient (Wildman–Crippen LogP) is -4.06. The third-order valence-corrected chi connectivity index (χ3v) is 2.66. The van der Waals surface area contributed by atoms with E-state index in [9.17, 15) is 20.1 Å². The zero-order valence-corrected chi connectivity index (χ0v) is 9.04. The minimum absolute atomic E-state index is 0.313. The number of aliphatic hydroxyl groups is 4. The fourth-order valence-electron chi connectivity index (χ4n) is 1.70. The summed E-state index contributed by atoms with van der Waals surface area (Å²) in [5.74, 6) is -2.87. The van der Waals surface area contributed by atoms with Crippen LogP contribution < -0.4 is 11.4 Å². The Balaban J connectivity index is 2.46. The van der Waals surface area contributed by atoms with E-state index in [0.29, 0.717) is 4.57 Å². The molecule has 0 bridgehead atoms. The van der Waals surface area contributed by atoms with Gasteiger partial charge in [-0.1, -0.05) is 0 Å². The number of rotatable bonds is 2. The minimum atomic E-state index is -2.56. The summed E-state index contributed by atoms with van der Waals surface area (Å²) in [6, 6.07) is 0. The predicted molar refractivity (Wildman–Crippen MR) is 54.9 cm³/mol. The molecule has 100 valence electrons. The lowest BCUT2D eigenvalue weighted by Crippen LogP contribution is -2.50. The van der Waals surface area contributed by atoms with E-state index in [4.69, 9.17) is 15.6 Å². The smallest absolute Gasteiger partial charge is 0.356 e. The number of nitrogens with zero attached hydrogens (tertiary/aromatic N) is 3. The maximum Gasteiger partial charge on any atom is 0.356 e.